The highest BCUT2D eigenvalue weighted by Gasteiger charge is 2.11. The maximum atomic E-state index is 13.5. The molecule has 0 spiro atoms. The number of nitrogens with one attached hydrogen (secondary N) is 1. The largest absolute Gasteiger partial charge is 0.311 e. The van der Waals surface area contributed by atoms with E-state index in [4.69, 9.17) is 0 Å². The Bertz CT molecular complexity index is 502. The molecule has 0 fully saturated rings. The van der Waals surface area contributed by atoms with Crippen LogP contribution in [0.25, 0.3) is 5.69 Å². The molecule has 3 nitrogen and oxygen atoms in total. The number of aromatic nitrogens is 2. The Labute approximate surface area is 104 Å². The minimum Gasteiger partial charge on any atom is -0.311 e. The van der Waals surface area contributed by atoms with Crippen LogP contribution in [-0.2, 0) is 6.54 Å². The van der Waals surface area contributed by atoms with Gasteiger partial charge >= 0.3 is 0 Å². The van der Waals surface area contributed by atoms with Crippen LogP contribution in [0.15, 0.2) is 30.7 Å². The number of hydrogen-bond donors (Lipinski definition) is 1. The van der Waals surface area contributed by atoms with Gasteiger partial charge in [0, 0.05) is 12.7 Å². The summed E-state index contributed by atoms with van der Waals surface area (Å²) in [6, 6.07) is 3.80. The fourth-order valence-electron chi connectivity index (χ4n) is 1.71. The van der Waals surface area contributed by atoms with E-state index in [-0.39, 0.29) is 5.69 Å². The minimum atomic E-state index is -0.597. The summed E-state index contributed by atoms with van der Waals surface area (Å²) in [4.78, 5) is 4.11. The van der Waals surface area contributed by atoms with Crippen LogP contribution in [0.5, 0.6) is 0 Å². The van der Waals surface area contributed by atoms with Crippen molar-refractivity contribution in [2.24, 2.45) is 0 Å². The molecule has 1 N–H and O–H groups in total. The second-order valence-corrected chi connectivity index (χ2v) is 4.02. The van der Waals surface area contributed by atoms with E-state index >= 15 is 0 Å². The topological polar surface area (TPSA) is 29.9 Å². The molecule has 0 saturated carbocycles. The van der Waals surface area contributed by atoms with Gasteiger partial charge in [-0.1, -0.05) is 13.0 Å². The van der Waals surface area contributed by atoms with Crippen LogP contribution >= 0.6 is 0 Å². The molecular formula is C13H15F2N3. The van der Waals surface area contributed by atoms with E-state index in [1.165, 1.54) is 29.1 Å². The molecule has 1 heterocycles. The van der Waals surface area contributed by atoms with E-state index in [0.29, 0.717) is 6.54 Å². The van der Waals surface area contributed by atoms with Gasteiger partial charge < -0.3 is 9.88 Å². The molecule has 0 aliphatic heterocycles. The van der Waals surface area contributed by atoms with E-state index in [0.717, 1.165) is 18.7 Å². The maximum Gasteiger partial charge on any atom is 0.150 e. The van der Waals surface area contributed by atoms with Crippen LogP contribution in [0.2, 0.25) is 0 Å². The number of rotatable bonds is 5. The molecule has 0 amide bonds. The minimum absolute atomic E-state index is 0.0910. The molecule has 5 heteroatoms. The molecule has 1 aromatic heterocycles. The average Bonchev–Trinajstić information content (AvgIpc) is 2.78. The zero-order chi connectivity index (χ0) is 13.0. The standard InChI is InChI=1S/C13H15F2N3/c1-2-6-16-7-10-8-18(9-17-10)13-11(14)4-3-5-12(13)15/h3-5,8-9,16H,2,6-7H2,1H3. The van der Waals surface area contributed by atoms with Gasteiger partial charge in [-0.25, -0.2) is 13.8 Å². The predicted molar refractivity (Wildman–Crippen MR) is 65.5 cm³/mol. The van der Waals surface area contributed by atoms with E-state index in [1.54, 1.807) is 6.20 Å². The Morgan fingerprint density at radius 1 is 1.28 bits per heavy atom. The lowest BCUT2D eigenvalue weighted by molar-refractivity contribution is 0.569. The Balaban J connectivity index is 2.19. The maximum absolute atomic E-state index is 13.5. The Hall–Kier alpha value is -1.75. The number of imidazole rings is 1. The van der Waals surface area contributed by atoms with Crippen molar-refractivity contribution in [3.8, 4) is 5.69 Å². The summed E-state index contributed by atoms with van der Waals surface area (Å²) in [6.07, 6.45) is 4.08. The van der Waals surface area contributed by atoms with Crippen molar-refractivity contribution in [3.63, 3.8) is 0 Å². The highest BCUT2D eigenvalue weighted by atomic mass is 19.1. The van der Waals surface area contributed by atoms with Crippen LogP contribution in [0.1, 0.15) is 19.0 Å². The van der Waals surface area contributed by atoms with E-state index in [2.05, 4.69) is 17.2 Å². The van der Waals surface area contributed by atoms with Crippen LogP contribution in [0.3, 0.4) is 0 Å². The quantitative estimate of drug-likeness (QED) is 0.828. The lowest BCUT2D eigenvalue weighted by atomic mass is 10.3. The zero-order valence-electron chi connectivity index (χ0n) is 10.2. The van der Waals surface area contributed by atoms with Crippen molar-refractivity contribution < 1.29 is 8.78 Å². The number of hydrogen-bond acceptors (Lipinski definition) is 2. The lowest BCUT2D eigenvalue weighted by Gasteiger charge is -2.04. The molecule has 0 aliphatic rings. The lowest BCUT2D eigenvalue weighted by Crippen LogP contribution is -2.13. The molecule has 18 heavy (non-hydrogen) atoms. The molecule has 0 saturated heterocycles. The van der Waals surface area contributed by atoms with Crippen molar-refractivity contribution in [2.45, 2.75) is 19.9 Å². The van der Waals surface area contributed by atoms with Crippen LogP contribution in [-0.4, -0.2) is 16.1 Å². The van der Waals surface area contributed by atoms with Crippen molar-refractivity contribution >= 4 is 0 Å². The molecule has 0 bridgehead atoms. The third-order valence-corrected chi connectivity index (χ3v) is 2.56. The molecular weight excluding hydrogens is 236 g/mol. The van der Waals surface area contributed by atoms with Crippen molar-refractivity contribution in [3.05, 3.63) is 48.1 Å². The molecule has 2 rings (SSSR count). The summed E-state index contributed by atoms with van der Waals surface area (Å²) in [5.74, 6) is -1.19. The fraction of sp³-hybridized carbons (Fsp3) is 0.308. The van der Waals surface area contributed by atoms with E-state index in [1.807, 2.05) is 0 Å². The van der Waals surface area contributed by atoms with Gasteiger partial charge in [0.25, 0.3) is 0 Å². The first kappa shape index (κ1) is 12.7. The summed E-state index contributed by atoms with van der Waals surface area (Å²) < 4.78 is 28.5. The number of halogens is 2. The van der Waals surface area contributed by atoms with Crippen LogP contribution in [0, 0.1) is 11.6 Å². The molecule has 1 aromatic carbocycles. The number of nitrogens with zero attached hydrogens (tertiary/aromatic N) is 2. The van der Waals surface area contributed by atoms with Gasteiger partial charge in [-0.15, -0.1) is 0 Å². The van der Waals surface area contributed by atoms with Gasteiger partial charge in [0.15, 0.2) is 0 Å². The molecule has 2 aromatic rings. The van der Waals surface area contributed by atoms with Gasteiger partial charge in [-0.2, -0.15) is 0 Å². The van der Waals surface area contributed by atoms with Crippen molar-refractivity contribution in [1.29, 1.82) is 0 Å². The molecule has 0 aliphatic carbocycles. The van der Waals surface area contributed by atoms with E-state index < -0.39 is 11.6 Å². The number of benzene rings is 1. The monoisotopic (exact) mass is 251 g/mol. The highest BCUT2D eigenvalue weighted by Crippen LogP contribution is 2.17. The summed E-state index contributed by atoms with van der Waals surface area (Å²) in [5.41, 5.74) is 0.665. The van der Waals surface area contributed by atoms with Gasteiger partial charge in [0.05, 0.1) is 12.0 Å². The average molecular weight is 251 g/mol. The molecule has 0 unspecified atom stereocenters. The summed E-state index contributed by atoms with van der Waals surface area (Å²) in [6.45, 7) is 3.55. The van der Waals surface area contributed by atoms with Gasteiger partial charge in [-0.05, 0) is 25.1 Å². The third-order valence-electron chi connectivity index (χ3n) is 2.56. The summed E-state index contributed by atoms with van der Waals surface area (Å²) in [7, 11) is 0. The second kappa shape index (κ2) is 5.73. The first-order chi connectivity index (χ1) is 8.72. The van der Waals surface area contributed by atoms with Crippen LogP contribution in [0.4, 0.5) is 8.78 Å². The SMILES string of the molecule is CCCNCc1cn(-c2c(F)cccc2F)cn1. The molecule has 0 radical (unpaired) electrons. The Morgan fingerprint density at radius 3 is 2.67 bits per heavy atom. The first-order valence-electron chi connectivity index (χ1n) is 5.90. The van der Waals surface area contributed by atoms with E-state index in [9.17, 15) is 8.78 Å². The van der Waals surface area contributed by atoms with Gasteiger partial charge in [-0.3, -0.25) is 0 Å². The summed E-state index contributed by atoms with van der Waals surface area (Å²) >= 11 is 0. The van der Waals surface area contributed by atoms with Gasteiger partial charge in [0.1, 0.15) is 17.3 Å². The van der Waals surface area contributed by atoms with Crippen LogP contribution < -0.4 is 5.32 Å². The fourth-order valence-corrected chi connectivity index (χ4v) is 1.71. The highest BCUT2D eigenvalue weighted by molar-refractivity contribution is 5.35. The predicted octanol–water partition coefficient (Wildman–Crippen LogP) is 2.65. The van der Waals surface area contributed by atoms with Crippen molar-refractivity contribution in [2.75, 3.05) is 6.54 Å². The number of para-hydroxylation sites is 1. The third kappa shape index (κ3) is 2.73. The van der Waals surface area contributed by atoms with Gasteiger partial charge in [0.2, 0.25) is 0 Å². The Kier molecular flexibility index (Phi) is 4.04. The summed E-state index contributed by atoms with van der Waals surface area (Å²) in [5, 5.41) is 3.18. The van der Waals surface area contributed by atoms with Crippen molar-refractivity contribution in [1.82, 2.24) is 14.9 Å². The first-order valence-corrected chi connectivity index (χ1v) is 5.90. The zero-order valence-corrected chi connectivity index (χ0v) is 10.2. The Morgan fingerprint density at radius 2 is 2.00 bits per heavy atom. The normalized spacial score (nSPS) is 10.8. The molecule has 96 valence electrons. The molecule has 0 atom stereocenters. The smallest absolute Gasteiger partial charge is 0.150 e. The second-order valence-electron chi connectivity index (χ2n) is 4.02.